The first-order chi connectivity index (χ1) is 9.81. The van der Waals surface area contributed by atoms with Crippen molar-refractivity contribution in [1.29, 1.82) is 0 Å². The first kappa shape index (κ1) is 14.8. The van der Waals surface area contributed by atoms with Crippen LogP contribution in [0.15, 0.2) is 27.4 Å². The highest BCUT2D eigenvalue weighted by atomic mass is 19.2. The van der Waals surface area contributed by atoms with Gasteiger partial charge < -0.3 is 9.73 Å². The van der Waals surface area contributed by atoms with E-state index in [1.54, 1.807) is 0 Å². The summed E-state index contributed by atoms with van der Waals surface area (Å²) in [5.41, 5.74) is -0.785. The smallest absolute Gasteiger partial charge is 0.336 e. The first-order valence-corrected chi connectivity index (χ1v) is 5.87. The summed E-state index contributed by atoms with van der Waals surface area (Å²) in [5, 5.41) is 2.11. The van der Waals surface area contributed by atoms with E-state index in [1.165, 1.54) is 13.8 Å². The summed E-state index contributed by atoms with van der Waals surface area (Å²) in [5.74, 6) is -5.29. The second kappa shape index (κ2) is 5.43. The van der Waals surface area contributed by atoms with Crippen LogP contribution in [0.2, 0.25) is 0 Å². The largest absolute Gasteiger partial charge is 0.427 e. The Bertz CT molecular complexity index is 758. The fourth-order valence-electron chi connectivity index (χ4n) is 1.90. The summed E-state index contributed by atoms with van der Waals surface area (Å²) >= 11 is 0. The third kappa shape index (κ3) is 2.81. The Hall–Kier alpha value is -2.57. The van der Waals surface area contributed by atoms with E-state index < -0.39 is 34.7 Å². The minimum absolute atomic E-state index is 0.0266. The third-order valence-corrected chi connectivity index (χ3v) is 2.84. The van der Waals surface area contributed by atoms with E-state index >= 15 is 0 Å². The van der Waals surface area contributed by atoms with Gasteiger partial charge in [-0.2, -0.15) is 0 Å². The number of nitrogens with one attached hydrogen (secondary N) is 1. The molecule has 0 saturated carbocycles. The fourth-order valence-corrected chi connectivity index (χ4v) is 1.90. The molecule has 2 aromatic rings. The van der Waals surface area contributed by atoms with E-state index in [0.717, 1.165) is 12.1 Å². The Morgan fingerprint density at radius 2 is 1.81 bits per heavy atom. The molecule has 21 heavy (non-hydrogen) atoms. The lowest BCUT2D eigenvalue weighted by Crippen LogP contribution is -2.18. The van der Waals surface area contributed by atoms with Crippen LogP contribution in [0.3, 0.4) is 0 Å². The van der Waals surface area contributed by atoms with Crippen LogP contribution in [0.25, 0.3) is 0 Å². The second-order valence-corrected chi connectivity index (χ2v) is 4.36. The highest BCUT2D eigenvalue weighted by Gasteiger charge is 2.19. The zero-order chi connectivity index (χ0) is 15.7. The Labute approximate surface area is 117 Å². The van der Waals surface area contributed by atoms with Crippen LogP contribution in [0.5, 0.6) is 0 Å². The van der Waals surface area contributed by atoms with Crippen LogP contribution in [0.1, 0.15) is 21.7 Å². The Kier molecular flexibility index (Phi) is 3.84. The summed E-state index contributed by atoms with van der Waals surface area (Å²) < 4.78 is 44.2. The number of hydrogen-bond acceptors (Lipinski definition) is 3. The monoisotopic (exact) mass is 297 g/mol. The van der Waals surface area contributed by atoms with Crippen LogP contribution < -0.4 is 10.9 Å². The average molecular weight is 297 g/mol. The number of amides is 1. The molecule has 0 saturated heterocycles. The quantitative estimate of drug-likeness (QED) is 0.867. The van der Waals surface area contributed by atoms with Crippen molar-refractivity contribution in [2.45, 2.75) is 13.8 Å². The Morgan fingerprint density at radius 1 is 1.14 bits per heavy atom. The summed E-state index contributed by atoms with van der Waals surface area (Å²) in [4.78, 5) is 23.2. The van der Waals surface area contributed by atoms with Crippen LogP contribution in [0.4, 0.5) is 18.9 Å². The van der Waals surface area contributed by atoms with E-state index in [0.29, 0.717) is 11.6 Å². The standard InChI is InChI=1S/C14H10F3NO3/c1-6-5-10(19)21-7(2)11(6)14(20)18-9-4-3-8(15)12(16)13(9)17/h3-5H,1-2H3,(H,18,20). The minimum Gasteiger partial charge on any atom is -0.427 e. The molecule has 0 spiro atoms. The van der Waals surface area contributed by atoms with Gasteiger partial charge in [0.15, 0.2) is 17.5 Å². The molecule has 1 aromatic carbocycles. The number of anilines is 1. The third-order valence-electron chi connectivity index (χ3n) is 2.84. The van der Waals surface area contributed by atoms with E-state index in [2.05, 4.69) is 5.32 Å². The molecule has 110 valence electrons. The Morgan fingerprint density at radius 3 is 2.43 bits per heavy atom. The predicted octanol–water partition coefficient (Wildman–Crippen LogP) is 2.93. The maximum absolute atomic E-state index is 13.5. The zero-order valence-corrected chi connectivity index (χ0v) is 11.1. The molecule has 0 fully saturated rings. The van der Waals surface area contributed by atoms with Gasteiger partial charge in [0, 0.05) is 6.07 Å². The highest BCUT2D eigenvalue weighted by Crippen LogP contribution is 2.21. The maximum atomic E-state index is 13.5. The van der Waals surface area contributed by atoms with Crippen LogP contribution in [-0.2, 0) is 0 Å². The molecule has 1 amide bonds. The molecular formula is C14H10F3NO3. The molecule has 7 heteroatoms. The molecule has 0 atom stereocenters. The number of hydrogen-bond donors (Lipinski definition) is 1. The topological polar surface area (TPSA) is 59.3 Å². The molecule has 0 aliphatic carbocycles. The van der Waals surface area contributed by atoms with Crippen molar-refractivity contribution in [3.63, 3.8) is 0 Å². The zero-order valence-electron chi connectivity index (χ0n) is 11.1. The van der Waals surface area contributed by atoms with E-state index in [-0.39, 0.29) is 11.3 Å². The maximum Gasteiger partial charge on any atom is 0.336 e. The summed E-state index contributed by atoms with van der Waals surface area (Å²) in [6.07, 6.45) is 0. The molecule has 0 radical (unpaired) electrons. The second-order valence-electron chi connectivity index (χ2n) is 4.36. The van der Waals surface area contributed by atoms with Gasteiger partial charge in [0.2, 0.25) is 0 Å². The molecule has 0 aliphatic heterocycles. The minimum atomic E-state index is -1.68. The van der Waals surface area contributed by atoms with E-state index in [4.69, 9.17) is 4.42 Å². The molecule has 1 N–H and O–H groups in total. The predicted molar refractivity (Wildman–Crippen MR) is 68.7 cm³/mol. The van der Waals surface area contributed by atoms with Crippen molar-refractivity contribution in [1.82, 2.24) is 0 Å². The van der Waals surface area contributed by atoms with Gasteiger partial charge in [0.25, 0.3) is 5.91 Å². The van der Waals surface area contributed by atoms with Crippen LogP contribution in [0, 0.1) is 31.3 Å². The summed E-state index contributed by atoms with van der Waals surface area (Å²) in [6.45, 7) is 2.89. The highest BCUT2D eigenvalue weighted by molar-refractivity contribution is 6.05. The van der Waals surface area contributed by atoms with Gasteiger partial charge in [-0.15, -0.1) is 0 Å². The van der Waals surface area contributed by atoms with Gasteiger partial charge in [0.1, 0.15) is 5.76 Å². The summed E-state index contributed by atoms with van der Waals surface area (Å²) in [7, 11) is 0. The van der Waals surface area contributed by atoms with E-state index in [1.807, 2.05) is 0 Å². The van der Waals surface area contributed by atoms with Crippen molar-refractivity contribution >= 4 is 11.6 Å². The molecule has 0 unspecified atom stereocenters. The normalized spacial score (nSPS) is 10.5. The number of rotatable bonds is 2. The van der Waals surface area contributed by atoms with Crippen molar-refractivity contribution in [3.8, 4) is 0 Å². The number of aryl methyl sites for hydroxylation is 2. The molecule has 0 aliphatic rings. The van der Waals surface area contributed by atoms with Crippen molar-refractivity contribution in [3.05, 3.63) is 63.0 Å². The summed E-state index contributed by atoms with van der Waals surface area (Å²) in [6, 6.07) is 2.69. The van der Waals surface area contributed by atoms with Gasteiger partial charge in [-0.05, 0) is 31.5 Å². The molecular weight excluding hydrogens is 287 g/mol. The van der Waals surface area contributed by atoms with Crippen molar-refractivity contribution in [2.75, 3.05) is 5.32 Å². The van der Waals surface area contributed by atoms with E-state index in [9.17, 15) is 22.8 Å². The Balaban J connectivity index is 2.40. The van der Waals surface area contributed by atoms with Crippen LogP contribution in [-0.4, -0.2) is 5.91 Å². The lowest BCUT2D eigenvalue weighted by Gasteiger charge is -2.10. The number of carbonyl (C=O) groups excluding carboxylic acids is 1. The SMILES string of the molecule is Cc1cc(=O)oc(C)c1C(=O)Nc1ccc(F)c(F)c1F. The lowest BCUT2D eigenvalue weighted by molar-refractivity contribution is 0.102. The van der Waals surface area contributed by atoms with Crippen molar-refractivity contribution < 1.29 is 22.4 Å². The average Bonchev–Trinajstić information content (AvgIpc) is 2.38. The van der Waals surface area contributed by atoms with Crippen molar-refractivity contribution in [2.24, 2.45) is 0 Å². The molecule has 2 rings (SSSR count). The number of benzene rings is 1. The molecule has 1 heterocycles. The number of carbonyl (C=O) groups is 1. The fraction of sp³-hybridized carbons (Fsp3) is 0.143. The lowest BCUT2D eigenvalue weighted by atomic mass is 10.1. The van der Waals surface area contributed by atoms with Gasteiger partial charge in [-0.1, -0.05) is 0 Å². The molecule has 1 aromatic heterocycles. The van der Waals surface area contributed by atoms with Gasteiger partial charge >= 0.3 is 5.63 Å². The van der Waals surface area contributed by atoms with Gasteiger partial charge in [-0.3, -0.25) is 4.79 Å². The van der Waals surface area contributed by atoms with Gasteiger partial charge in [0.05, 0.1) is 11.3 Å². The number of halogens is 3. The molecule has 0 bridgehead atoms. The van der Waals surface area contributed by atoms with Gasteiger partial charge in [-0.25, -0.2) is 18.0 Å². The molecule has 4 nitrogen and oxygen atoms in total. The van der Waals surface area contributed by atoms with Crippen LogP contribution >= 0.6 is 0 Å². The first-order valence-electron chi connectivity index (χ1n) is 5.87.